The highest BCUT2D eigenvalue weighted by molar-refractivity contribution is 5.85. The van der Waals surface area contributed by atoms with E-state index in [1.54, 1.807) is 0 Å². The van der Waals surface area contributed by atoms with Crippen LogP contribution in [-0.2, 0) is 0 Å². The van der Waals surface area contributed by atoms with Crippen molar-refractivity contribution in [1.82, 2.24) is 0 Å². The van der Waals surface area contributed by atoms with Gasteiger partial charge in [-0.3, -0.25) is 0 Å². The Morgan fingerprint density at radius 1 is 1.50 bits per heavy atom. The van der Waals surface area contributed by atoms with Crippen LogP contribution in [-0.4, -0.2) is 12.2 Å². The smallest absolute Gasteiger partial charge is 0.167 e. The Labute approximate surface area is 75.4 Å². The molecule has 3 N–H and O–H groups in total. The first-order valence-corrected chi connectivity index (χ1v) is 2.97. The quantitative estimate of drug-likeness (QED) is 0.526. The minimum atomic E-state index is -0.581. The zero-order chi connectivity index (χ0) is 8.43. The normalized spacial score (nSPS) is 8.83. The van der Waals surface area contributed by atoms with Gasteiger partial charge in [-0.2, -0.15) is 0 Å². The molecule has 12 heavy (non-hydrogen) atoms. The molecule has 0 aliphatic carbocycles. The van der Waals surface area contributed by atoms with Crippen LogP contribution in [0.15, 0.2) is 12.1 Å². The second-order valence-electron chi connectivity index (χ2n) is 2.05. The first kappa shape index (κ1) is 10.8. The highest BCUT2D eigenvalue weighted by atomic mass is 35.5. The number of aromatic hydroxyl groups is 1. The number of nitrogens with two attached hydrogens (primary N) is 1. The molecule has 5 heteroatoms. The summed E-state index contributed by atoms with van der Waals surface area (Å²) in [4.78, 5) is 0. The van der Waals surface area contributed by atoms with Crippen molar-refractivity contribution in [2.45, 2.75) is 0 Å². The maximum atomic E-state index is 12.7. The lowest BCUT2D eigenvalue weighted by Crippen LogP contribution is -1.91. The number of benzene rings is 1. The summed E-state index contributed by atoms with van der Waals surface area (Å²) in [5, 5.41) is 8.98. The van der Waals surface area contributed by atoms with Gasteiger partial charge >= 0.3 is 0 Å². The molecule has 68 valence electrons. The Morgan fingerprint density at radius 2 is 2.08 bits per heavy atom. The Morgan fingerprint density at radius 3 is 2.58 bits per heavy atom. The van der Waals surface area contributed by atoms with Crippen LogP contribution in [0.5, 0.6) is 11.5 Å². The predicted molar refractivity (Wildman–Crippen MR) is 46.3 cm³/mol. The number of phenols is 1. The van der Waals surface area contributed by atoms with Crippen LogP contribution in [0.4, 0.5) is 10.1 Å². The molecule has 1 aromatic rings. The van der Waals surface area contributed by atoms with Crippen molar-refractivity contribution in [3.63, 3.8) is 0 Å². The van der Waals surface area contributed by atoms with Gasteiger partial charge in [-0.15, -0.1) is 12.4 Å². The molecule has 0 radical (unpaired) electrons. The van der Waals surface area contributed by atoms with Crippen LogP contribution in [0, 0.1) is 5.82 Å². The van der Waals surface area contributed by atoms with Gasteiger partial charge in [-0.05, 0) is 0 Å². The fourth-order valence-corrected chi connectivity index (χ4v) is 0.714. The van der Waals surface area contributed by atoms with Crippen molar-refractivity contribution in [3.8, 4) is 11.5 Å². The van der Waals surface area contributed by atoms with Gasteiger partial charge in [0, 0.05) is 12.1 Å². The van der Waals surface area contributed by atoms with Gasteiger partial charge < -0.3 is 15.6 Å². The molecule has 0 unspecified atom stereocenters. The summed E-state index contributed by atoms with van der Waals surface area (Å²) in [6.07, 6.45) is 0. The van der Waals surface area contributed by atoms with E-state index in [-0.39, 0.29) is 29.6 Å². The predicted octanol–water partition coefficient (Wildman–Crippen LogP) is 1.54. The Kier molecular flexibility index (Phi) is 3.63. The Hall–Kier alpha value is -1.16. The highest BCUT2D eigenvalue weighted by Gasteiger charge is 2.05. The van der Waals surface area contributed by atoms with Crippen molar-refractivity contribution in [3.05, 3.63) is 17.9 Å². The number of rotatable bonds is 1. The topological polar surface area (TPSA) is 55.5 Å². The van der Waals surface area contributed by atoms with E-state index in [9.17, 15) is 4.39 Å². The van der Waals surface area contributed by atoms with Crippen LogP contribution < -0.4 is 10.5 Å². The van der Waals surface area contributed by atoms with Crippen LogP contribution in [0.25, 0.3) is 0 Å². The third-order valence-corrected chi connectivity index (χ3v) is 1.30. The molecular formula is C7H9ClFNO2. The number of halogens is 2. The average Bonchev–Trinajstić information content (AvgIpc) is 1.97. The van der Waals surface area contributed by atoms with E-state index in [4.69, 9.17) is 10.8 Å². The lowest BCUT2D eigenvalue weighted by Gasteiger charge is -2.03. The minimum absolute atomic E-state index is 0. The van der Waals surface area contributed by atoms with E-state index in [0.717, 1.165) is 12.1 Å². The minimum Gasteiger partial charge on any atom is -0.506 e. The molecular weight excluding hydrogens is 185 g/mol. The van der Waals surface area contributed by atoms with E-state index in [1.807, 2.05) is 0 Å². The molecule has 0 aliphatic rings. The van der Waals surface area contributed by atoms with Gasteiger partial charge in [0.15, 0.2) is 11.6 Å². The first-order chi connectivity index (χ1) is 5.15. The third kappa shape index (κ3) is 1.92. The molecule has 3 nitrogen and oxygen atoms in total. The summed E-state index contributed by atoms with van der Waals surface area (Å²) < 4.78 is 17.3. The molecule has 0 aromatic heterocycles. The first-order valence-electron chi connectivity index (χ1n) is 2.97. The van der Waals surface area contributed by atoms with E-state index < -0.39 is 5.82 Å². The van der Waals surface area contributed by atoms with E-state index >= 15 is 0 Å². The molecule has 0 heterocycles. The number of hydrogen-bond donors (Lipinski definition) is 2. The number of methoxy groups -OCH3 is 1. The van der Waals surface area contributed by atoms with Gasteiger partial charge in [-0.25, -0.2) is 4.39 Å². The van der Waals surface area contributed by atoms with Crippen molar-refractivity contribution < 1.29 is 14.2 Å². The number of nitrogen functional groups attached to an aromatic ring is 1. The largest absolute Gasteiger partial charge is 0.506 e. The molecule has 0 bridgehead atoms. The highest BCUT2D eigenvalue weighted by Crippen LogP contribution is 2.28. The van der Waals surface area contributed by atoms with Crippen LogP contribution >= 0.6 is 12.4 Å². The summed E-state index contributed by atoms with van der Waals surface area (Å²) in [6.45, 7) is 0. The standard InChI is InChI=1S/C7H8FNO2.ClH/c1-11-7-3-6(10)5(9)2-4(7)8;/h2-3,10H,9H2,1H3;1H. The van der Waals surface area contributed by atoms with Crippen LogP contribution in [0.1, 0.15) is 0 Å². The molecule has 0 saturated heterocycles. The molecule has 1 aromatic carbocycles. The Bertz CT molecular complexity index is 280. The molecule has 0 amide bonds. The van der Waals surface area contributed by atoms with Gasteiger partial charge in [0.2, 0.25) is 0 Å². The number of hydrogen-bond acceptors (Lipinski definition) is 3. The van der Waals surface area contributed by atoms with Gasteiger partial charge in [0.05, 0.1) is 12.8 Å². The van der Waals surface area contributed by atoms with E-state index in [2.05, 4.69) is 4.74 Å². The maximum absolute atomic E-state index is 12.7. The molecule has 0 saturated carbocycles. The van der Waals surface area contributed by atoms with E-state index in [1.165, 1.54) is 7.11 Å². The summed E-state index contributed by atoms with van der Waals surface area (Å²) in [5.74, 6) is -0.775. The zero-order valence-corrected chi connectivity index (χ0v) is 7.19. The number of ether oxygens (including phenoxy) is 1. The fourth-order valence-electron chi connectivity index (χ4n) is 0.714. The second kappa shape index (κ2) is 4.01. The second-order valence-corrected chi connectivity index (χ2v) is 2.05. The SMILES string of the molecule is COc1cc(O)c(N)cc1F.Cl. The van der Waals surface area contributed by atoms with Gasteiger partial charge in [0.1, 0.15) is 5.75 Å². The summed E-state index contributed by atoms with van der Waals surface area (Å²) in [6, 6.07) is 2.14. The van der Waals surface area contributed by atoms with Crippen molar-refractivity contribution in [2.24, 2.45) is 0 Å². The van der Waals surface area contributed by atoms with Crippen LogP contribution in [0.3, 0.4) is 0 Å². The summed E-state index contributed by atoms with van der Waals surface area (Å²) in [7, 11) is 1.31. The number of phenolic OH excluding ortho intramolecular Hbond substituents is 1. The summed E-state index contributed by atoms with van der Waals surface area (Å²) >= 11 is 0. The van der Waals surface area contributed by atoms with Crippen LogP contribution in [0.2, 0.25) is 0 Å². The maximum Gasteiger partial charge on any atom is 0.167 e. The zero-order valence-electron chi connectivity index (χ0n) is 6.37. The Balaban J connectivity index is 0.00000121. The van der Waals surface area contributed by atoms with Crippen molar-refractivity contribution >= 4 is 18.1 Å². The fraction of sp³-hybridized carbons (Fsp3) is 0.143. The lowest BCUT2D eigenvalue weighted by atomic mass is 10.3. The summed E-state index contributed by atoms with van der Waals surface area (Å²) in [5.41, 5.74) is 5.20. The lowest BCUT2D eigenvalue weighted by molar-refractivity contribution is 0.381. The van der Waals surface area contributed by atoms with Gasteiger partial charge in [0.25, 0.3) is 0 Å². The van der Waals surface area contributed by atoms with Crippen molar-refractivity contribution in [2.75, 3.05) is 12.8 Å². The van der Waals surface area contributed by atoms with Crippen molar-refractivity contribution in [1.29, 1.82) is 0 Å². The molecule has 1 rings (SSSR count). The third-order valence-electron chi connectivity index (χ3n) is 1.30. The monoisotopic (exact) mass is 193 g/mol. The molecule has 0 aliphatic heterocycles. The molecule has 0 spiro atoms. The van der Waals surface area contributed by atoms with E-state index in [0.29, 0.717) is 0 Å². The number of anilines is 1. The molecule has 0 atom stereocenters. The van der Waals surface area contributed by atoms with Gasteiger partial charge in [-0.1, -0.05) is 0 Å². The average molecular weight is 194 g/mol. The molecule has 0 fully saturated rings.